The van der Waals surface area contributed by atoms with Gasteiger partial charge in [0, 0.05) is 0 Å². The summed E-state index contributed by atoms with van der Waals surface area (Å²) in [6, 6.07) is 15.6. The van der Waals surface area contributed by atoms with Crippen molar-refractivity contribution in [2.75, 3.05) is 0 Å². The van der Waals surface area contributed by atoms with Crippen LogP contribution in [-0.4, -0.2) is 11.1 Å². The zero-order chi connectivity index (χ0) is 15.1. The van der Waals surface area contributed by atoms with E-state index in [1.165, 1.54) is 19.3 Å². The summed E-state index contributed by atoms with van der Waals surface area (Å²) in [4.78, 5) is 11.2. The predicted octanol–water partition coefficient (Wildman–Crippen LogP) is 5.17. The van der Waals surface area contributed by atoms with Gasteiger partial charge in [-0.3, -0.25) is 0 Å². The van der Waals surface area contributed by atoms with Crippen LogP contribution in [0.15, 0.2) is 48.5 Å². The van der Waals surface area contributed by atoms with Crippen LogP contribution in [0.5, 0.6) is 0 Å². The van der Waals surface area contributed by atoms with Crippen molar-refractivity contribution in [1.29, 1.82) is 0 Å². The lowest BCUT2D eigenvalue weighted by Gasteiger charge is -2.11. The van der Waals surface area contributed by atoms with Crippen LogP contribution in [0, 0.1) is 0 Å². The van der Waals surface area contributed by atoms with E-state index in [9.17, 15) is 9.90 Å². The molecule has 0 aliphatic rings. The zero-order valence-corrected chi connectivity index (χ0v) is 12.5. The van der Waals surface area contributed by atoms with E-state index in [1.54, 1.807) is 6.07 Å². The number of carboxylic acids is 1. The topological polar surface area (TPSA) is 37.3 Å². The van der Waals surface area contributed by atoms with Crippen LogP contribution >= 0.6 is 0 Å². The maximum absolute atomic E-state index is 11.2. The number of aryl methyl sites for hydroxylation is 1. The molecule has 0 unspecified atom stereocenters. The molecule has 0 bridgehead atoms. The van der Waals surface area contributed by atoms with E-state index in [-0.39, 0.29) is 0 Å². The normalized spacial score (nSPS) is 10.5. The van der Waals surface area contributed by atoms with Crippen LogP contribution in [-0.2, 0) is 6.42 Å². The fraction of sp³-hybridized carbons (Fsp3) is 0.316. The van der Waals surface area contributed by atoms with Gasteiger partial charge >= 0.3 is 5.97 Å². The van der Waals surface area contributed by atoms with Crippen LogP contribution in [0.3, 0.4) is 0 Å². The quantitative estimate of drug-likeness (QED) is 0.711. The summed E-state index contributed by atoms with van der Waals surface area (Å²) in [6.07, 6.45) is 5.68. The molecular weight excluding hydrogens is 260 g/mol. The lowest BCUT2D eigenvalue weighted by molar-refractivity contribution is 0.0697. The van der Waals surface area contributed by atoms with Gasteiger partial charge in [-0.2, -0.15) is 0 Å². The molecule has 0 aromatic heterocycles. The lowest BCUT2D eigenvalue weighted by atomic mass is 9.94. The van der Waals surface area contributed by atoms with Gasteiger partial charge in [0.25, 0.3) is 0 Å². The number of carbonyl (C=O) groups is 1. The number of unbranched alkanes of at least 4 members (excludes halogenated alkanes) is 3. The summed E-state index contributed by atoms with van der Waals surface area (Å²) >= 11 is 0. The minimum Gasteiger partial charge on any atom is -0.478 e. The summed E-state index contributed by atoms with van der Waals surface area (Å²) < 4.78 is 0. The van der Waals surface area contributed by atoms with Gasteiger partial charge in [-0.25, -0.2) is 4.79 Å². The summed E-state index contributed by atoms with van der Waals surface area (Å²) in [5.41, 5.74) is 3.81. The highest BCUT2D eigenvalue weighted by molar-refractivity contribution is 5.89. The zero-order valence-electron chi connectivity index (χ0n) is 12.5. The van der Waals surface area contributed by atoms with Crippen molar-refractivity contribution in [3.05, 3.63) is 59.7 Å². The molecule has 2 aromatic carbocycles. The van der Waals surface area contributed by atoms with Crippen LogP contribution in [0.4, 0.5) is 0 Å². The molecular formula is C19H22O2. The third-order valence-corrected chi connectivity index (χ3v) is 3.74. The Labute approximate surface area is 126 Å². The molecule has 0 amide bonds. The van der Waals surface area contributed by atoms with Gasteiger partial charge in [0.15, 0.2) is 0 Å². The molecule has 0 atom stereocenters. The SMILES string of the molecule is CCCCCCc1cc(C(=O)O)ccc1-c1ccccc1. The van der Waals surface area contributed by atoms with Gasteiger partial charge < -0.3 is 5.11 Å². The summed E-state index contributed by atoms with van der Waals surface area (Å²) in [7, 11) is 0. The van der Waals surface area contributed by atoms with Gasteiger partial charge in [-0.1, -0.05) is 62.6 Å². The fourth-order valence-corrected chi connectivity index (χ4v) is 2.58. The number of rotatable bonds is 7. The number of benzene rings is 2. The Morgan fingerprint density at radius 2 is 1.76 bits per heavy atom. The van der Waals surface area contributed by atoms with Crippen molar-refractivity contribution in [2.45, 2.75) is 39.0 Å². The molecule has 0 saturated heterocycles. The largest absolute Gasteiger partial charge is 0.478 e. The molecule has 110 valence electrons. The maximum Gasteiger partial charge on any atom is 0.335 e. The summed E-state index contributed by atoms with van der Waals surface area (Å²) in [5, 5.41) is 9.18. The highest BCUT2D eigenvalue weighted by Gasteiger charge is 2.09. The fourth-order valence-electron chi connectivity index (χ4n) is 2.58. The molecule has 0 heterocycles. The van der Waals surface area contributed by atoms with Crippen molar-refractivity contribution in [1.82, 2.24) is 0 Å². The van der Waals surface area contributed by atoms with E-state index in [0.29, 0.717) is 5.56 Å². The summed E-state index contributed by atoms with van der Waals surface area (Å²) in [6.45, 7) is 2.19. The molecule has 0 saturated carbocycles. The number of carboxylic acid groups (broad SMARTS) is 1. The number of hydrogen-bond donors (Lipinski definition) is 1. The number of hydrogen-bond acceptors (Lipinski definition) is 1. The standard InChI is InChI=1S/C19H22O2/c1-2-3-4-6-11-16-14-17(19(20)21)12-13-18(16)15-9-7-5-8-10-15/h5,7-10,12-14H,2-4,6,11H2,1H3,(H,20,21). The Hall–Kier alpha value is -2.09. The minimum absolute atomic E-state index is 0.375. The Morgan fingerprint density at radius 1 is 1.00 bits per heavy atom. The smallest absolute Gasteiger partial charge is 0.335 e. The molecule has 0 spiro atoms. The molecule has 0 fully saturated rings. The first-order valence-corrected chi connectivity index (χ1v) is 7.64. The van der Waals surface area contributed by atoms with Gasteiger partial charge in [-0.15, -0.1) is 0 Å². The molecule has 2 nitrogen and oxygen atoms in total. The molecule has 0 aliphatic carbocycles. The first-order valence-electron chi connectivity index (χ1n) is 7.64. The van der Waals surface area contributed by atoms with Crippen molar-refractivity contribution in [3.8, 4) is 11.1 Å². The Kier molecular flexibility index (Phi) is 5.56. The van der Waals surface area contributed by atoms with Gasteiger partial charge in [0.05, 0.1) is 5.56 Å². The number of aromatic carboxylic acids is 1. The summed E-state index contributed by atoms with van der Waals surface area (Å²) in [5.74, 6) is -0.857. The Balaban J connectivity index is 2.28. The molecule has 0 aliphatic heterocycles. The Morgan fingerprint density at radius 3 is 2.43 bits per heavy atom. The lowest BCUT2D eigenvalue weighted by Crippen LogP contribution is -1.99. The molecule has 1 N–H and O–H groups in total. The van der Waals surface area contributed by atoms with E-state index in [0.717, 1.165) is 29.5 Å². The second-order valence-electron chi connectivity index (χ2n) is 5.35. The monoisotopic (exact) mass is 282 g/mol. The first kappa shape index (κ1) is 15.3. The van der Waals surface area contributed by atoms with Gasteiger partial charge in [-0.05, 0) is 41.7 Å². The van der Waals surface area contributed by atoms with Crippen molar-refractivity contribution < 1.29 is 9.90 Å². The predicted molar refractivity (Wildman–Crippen MR) is 86.7 cm³/mol. The highest BCUT2D eigenvalue weighted by Crippen LogP contribution is 2.26. The van der Waals surface area contributed by atoms with E-state index >= 15 is 0 Å². The average Bonchev–Trinajstić information content (AvgIpc) is 2.52. The molecule has 2 aromatic rings. The van der Waals surface area contributed by atoms with Crippen LogP contribution in [0.1, 0.15) is 48.5 Å². The van der Waals surface area contributed by atoms with Gasteiger partial charge in [0.2, 0.25) is 0 Å². The van der Waals surface area contributed by atoms with Crippen LogP contribution < -0.4 is 0 Å². The van der Waals surface area contributed by atoms with Crippen LogP contribution in [0.25, 0.3) is 11.1 Å². The highest BCUT2D eigenvalue weighted by atomic mass is 16.4. The second kappa shape index (κ2) is 7.63. The van der Waals surface area contributed by atoms with Crippen molar-refractivity contribution >= 4 is 5.97 Å². The molecule has 0 radical (unpaired) electrons. The third kappa shape index (κ3) is 4.19. The Bertz CT molecular complexity index is 588. The minimum atomic E-state index is -0.857. The van der Waals surface area contributed by atoms with E-state index < -0.39 is 5.97 Å². The average molecular weight is 282 g/mol. The third-order valence-electron chi connectivity index (χ3n) is 3.74. The van der Waals surface area contributed by atoms with Crippen molar-refractivity contribution in [2.24, 2.45) is 0 Å². The molecule has 21 heavy (non-hydrogen) atoms. The molecule has 2 heteroatoms. The van der Waals surface area contributed by atoms with E-state index in [1.807, 2.05) is 30.3 Å². The van der Waals surface area contributed by atoms with E-state index in [4.69, 9.17) is 0 Å². The first-order chi connectivity index (χ1) is 10.2. The second-order valence-corrected chi connectivity index (χ2v) is 5.35. The van der Waals surface area contributed by atoms with E-state index in [2.05, 4.69) is 19.1 Å². The molecule has 2 rings (SSSR count). The van der Waals surface area contributed by atoms with Gasteiger partial charge in [0.1, 0.15) is 0 Å². The van der Waals surface area contributed by atoms with Crippen molar-refractivity contribution in [3.63, 3.8) is 0 Å². The van der Waals surface area contributed by atoms with Crippen LogP contribution in [0.2, 0.25) is 0 Å². The maximum atomic E-state index is 11.2.